The van der Waals surface area contributed by atoms with E-state index in [0.29, 0.717) is 11.1 Å². The van der Waals surface area contributed by atoms with E-state index in [1.54, 1.807) is 31.2 Å². The van der Waals surface area contributed by atoms with Gasteiger partial charge in [-0.05, 0) is 37.6 Å². The Labute approximate surface area is 231 Å². The summed E-state index contributed by atoms with van der Waals surface area (Å²) >= 11 is 12.1. The van der Waals surface area contributed by atoms with E-state index in [0.717, 1.165) is 10.1 Å². The van der Waals surface area contributed by atoms with Crippen molar-refractivity contribution in [2.24, 2.45) is 0 Å². The van der Waals surface area contributed by atoms with Crippen LogP contribution in [-0.2, 0) is 4.74 Å². The molecule has 4 atom stereocenters. The lowest BCUT2D eigenvalue weighted by atomic mass is 9.95. The summed E-state index contributed by atoms with van der Waals surface area (Å²) in [6, 6.07) is 9.71. The maximum atomic E-state index is 13.7. The van der Waals surface area contributed by atoms with Crippen molar-refractivity contribution in [3.63, 3.8) is 0 Å². The number of carbonyl (C=O) groups is 2. The second kappa shape index (κ2) is 10.6. The van der Waals surface area contributed by atoms with Gasteiger partial charge in [-0.3, -0.25) is 14.2 Å². The lowest BCUT2D eigenvalue weighted by molar-refractivity contribution is -0.116. The lowest BCUT2D eigenvalue weighted by Crippen LogP contribution is -2.35. The predicted octanol–water partition coefficient (Wildman–Crippen LogP) is 2.49. The largest absolute Gasteiger partial charge is 0.462 e. The number of nitrogens with zero attached hydrogens (tertiary/aromatic N) is 4. The lowest BCUT2D eigenvalue weighted by Gasteiger charge is -2.20. The molecule has 0 saturated carbocycles. The number of fused-ring (bicyclic) bond motifs is 1. The first kappa shape index (κ1) is 27.1. The van der Waals surface area contributed by atoms with Crippen molar-refractivity contribution in [2.45, 2.75) is 38.4 Å². The fourth-order valence-electron chi connectivity index (χ4n) is 4.27. The number of imidazole rings is 1. The number of aromatic nitrogens is 4. The molecule has 202 valence electrons. The average Bonchev–Trinajstić information content (AvgIpc) is 3.46. The van der Waals surface area contributed by atoms with Gasteiger partial charge in [0.2, 0.25) is 11.6 Å². The summed E-state index contributed by atoms with van der Waals surface area (Å²) < 4.78 is 12.4. The zero-order valence-corrected chi connectivity index (χ0v) is 22.1. The molecule has 2 aromatic heterocycles. The molecule has 1 aliphatic heterocycles. The molecule has 0 aliphatic carbocycles. The minimum absolute atomic E-state index is 0.0168. The molecule has 39 heavy (non-hydrogen) atoms. The van der Waals surface area contributed by atoms with Gasteiger partial charge in [0.25, 0.3) is 5.91 Å². The molecule has 1 aliphatic rings. The maximum absolute atomic E-state index is 13.7. The van der Waals surface area contributed by atoms with Crippen molar-refractivity contribution in [3.05, 3.63) is 81.0 Å². The number of aryl methyl sites for hydroxylation is 1. The van der Waals surface area contributed by atoms with E-state index < -0.39 is 37.1 Å². The SMILES string of the molecule is Cc1ccc(C(=O)c2cc(C(=O)n3cnc4nc(Cl)nc(Cl)c43)cc(OC3O[C@H](CO)[C@@H](O)[C@H]3O)c2C)cc1. The standard InChI is InChI=1S/C26H22Cl2N4O7/c1-11-3-5-13(6-4-11)19(34)15-7-14(24(37)32-10-29-23-18(32)22(27)30-26(28)31-23)8-16(12(15)2)38-25-21(36)20(35)17(9-33)39-25/h3-8,10,17,20-21,25,33,35-36H,9H2,1-2H3/t17-,20-,21-,25?/m1/s1. The van der Waals surface area contributed by atoms with Crippen LogP contribution in [0.1, 0.15) is 37.4 Å². The molecule has 11 nitrogen and oxygen atoms in total. The molecule has 0 amide bonds. The number of aliphatic hydroxyl groups is 3. The summed E-state index contributed by atoms with van der Waals surface area (Å²) in [4.78, 5) is 39.2. The number of benzene rings is 2. The molecule has 4 aromatic rings. The molecule has 0 radical (unpaired) electrons. The molecule has 1 unspecified atom stereocenters. The van der Waals surface area contributed by atoms with Crippen molar-refractivity contribution in [1.82, 2.24) is 19.5 Å². The summed E-state index contributed by atoms with van der Waals surface area (Å²) in [6.45, 7) is 2.96. The summed E-state index contributed by atoms with van der Waals surface area (Å²) in [5.74, 6) is -0.966. The van der Waals surface area contributed by atoms with E-state index in [2.05, 4.69) is 15.0 Å². The summed E-state index contributed by atoms with van der Waals surface area (Å²) in [5, 5.41) is 29.7. The topological polar surface area (TPSA) is 157 Å². The molecule has 5 rings (SSSR count). The van der Waals surface area contributed by atoms with E-state index >= 15 is 0 Å². The summed E-state index contributed by atoms with van der Waals surface area (Å²) in [5.41, 5.74) is 2.09. The van der Waals surface area contributed by atoms with Crippen LogP contribution in [0.3, 0.4) is 0 Å². The Hall–Kier alpha value is -3.45. The molecule has 1 saturated heterocycles. The number of rotatable bonds is 6. The van der Waals surface area contributed by atoms with Crippen LogP contribution in [0.2, 0.25) is 10.4 Å². The highest BCUT2D eigenvalue weighted by molar-refractivity contribution is 6.35. The van der Waals surface area contributed by atoms with Crippen molar-refractivity contribution in [2.75, 3.05) is 6.61 Å². The van der Waals surface area contributed by atoms with Gasteiger partial charge in [0, 0.05) is 22.3 Å². The average molecular weight is 573 g/mol. The third-order valence-electron chi connectivity index (χ3n) is 6.46. The zero-order valence-electron chi connectivity index (χ0n) is 20.6. The Balaban J connectivity index is 1.61. The van der Waals surface area contributed by atoms with Crippen molar-refractivity contribution in [3.8, 4) is 5.75 Å². The third kappa shape index (κ3) is 5.00. The van der Waals surface area contributed by atoms with Gasteiger partial charge >= 0.3 is 0 Å². The van der Waals surface area contributed by atoms with Gasteiger partial charge in [0.1, 0.15) is 35.9 Å². The number of ether oxygens (including phenoxy) is 2. The second-order valence-electron chi connectivity index (χ2n) is 9.04. The van der Waals surface area contributed by atoms with Crippen LogP contribution < -0.4 is 4.74 Å². The number of hydrogen-bond donors (Lipinski definition) is 3. The van der Waals surface area contributed by atoms with Crippen LogP contribution in [0.5, 0.6) is 5.75 Å². The normalized spacial score (nSPS) is 20.9. The fourth-order valence-corrected chi connectivity index (χ4v) is 4.73. The minimum Gasteiger partial charge on any atom is -0.462 e. The van der Waals surface area contributed by atoms with Crippen LogP contribution in [0.15, 0.2) is 42.7 Å². The fraction of sp³-hybridized carbons (Fsp3) is 0.269. The Bertz CT molecular complexity index is 1590. The Kier molecular flexibility index (Phi) is 7.38. The van der Waals surface area contributed by atoms with Crippen molar-refractivity contribution < 1.29 is 34.4 Å². The van der Waals surface area contributed by atoms with Gasteiger partial charge in [-0.25, -0.2) is 9.97 Å². The van der Waals surface area contributed by atoms with E-state index in [9.17, 15) is 24.9 Å². The zero-order chi connectivity index (χ0) is 28.0. The number of ketones is 1. The molecule has 3 N–H and O–H groups in total. The Morgan fingerprint density at radius 2 is 1.77 bits per heavy atom. The highest BCUT2D eigenvalue weighted by Crippen LogP contribution is 2.32. The van der Waals surface area contributed by atoms with Gasteiger partial charge in [-0.1, -0.05) is 41.4 Å². The van der Waals surface area contributed by atoms with Gasteiger partial charge in [-0.2, -0.15) is 4.98 Å². The highest BCUT2D eigenvalue weighted by Gasteiger charge is 2.44. The number of halogens is 2. The number of carbonyl (C=O) groups excluding carboxylic acids is 2. The molecule has 3 heterocycles. The van der Waals surface area contributed by atoms with Gasteiger partial charge in [0.05, 0.1) is 6.61 Å². The molecule has 0 bridgehead atoms. The molecule has 2 aromatic carbocycles. The summed E-state index contributed by atoms with van der Waals surface area (Å²) in [7, 11) is 0. The third-order valence-corrected chi connectivity index (χ3v) is 6.89. The molecule has 0 spiro atoms. The van der Waals surface area contributed by atoms with E-state index in [4.69, 9.17) is 32.7 Å². The van der Waals surface area contributed by atoms with Crippen molar-refractivity contribution in [1.29, 1.82) is 0 Å². The van der Waals surface area contributed by atoms with E-state index in [1.807, 2.05) is 6.92 Å². The smallest absolute Gasteiger partial charge is 0.263 e. The quantitative estimate of drug-likeness (QED) is 0.178. The van der Waals surface area contributed by atoms with Gasteiger partial charge in [-0.15, -0.1) is 0 Å². The van der Waals surface area contributed by atoms with E-state index in [1.165, 1.54) is 18.5 Å². The maximum Gasteiger partial charge on any atom is 0.263 e. The minimum atomic E-state index is -1.49. The van der Waals surface area contributed by atoms with Crippen LogP contribution in [0.25, 0.3) is 11.2 Å². The first-order valence-electron chi connectivity index (χ1n) is 11.7. The first-order valence-corrected chi connectivity index (χ1v) is 12.5. The monoisotopic (exact) mass is 572 g/mol. The Morgan fingerprint density at radius 3 is 2.44 bits per heavy atom. The Morgan fingerprint density at radius 1 is 1.05 bits per heavy atom. The van der Waals surface area contributed by atoms with Gasteiger partial charge < -0.3 is 24.8 Å². The van der Waals surface area contributed by atoms with Crippen molar-refractivity contribution >= 4 is 46.1 Å². The second-order valence-corrected chi connectivity index (χ2v) is 9.74. The van der Waals surface area contributed by atoms with E-state index in [-0.39, 0.29) is 44.3 Å². The summed E-state index contributed by atoms with van der Waals surface area (Å²) in [6.07, 6.45) is -4.13. The molecule has 1 fully saturated rings. The molecular formula is C26H22Cl2N4O7. The van der Waals surface area contributed by atoms with Crippen LogP contribution >= 0.6 is 23.2 Å². The highest BCUT2D eigenvalue weighted by atomic mass is 35.5. The van der Waals surface area contributed by atoms with Crippen LogP contribution in [-0.4, -0.2) is 77.7 Å². The van der Waals surface area contributed by atoms with Gasteiger partial charge in [0.15, 0.2) is 16.6 Å². The van der Waals surface area contributed by atoms with Crippen LogP contribution in [0.4, 0.5) is 0 Å². The molecular weight excluding hydrogens is 551 g/mol. The van der Waals surface area contributed by atoms with Crippen LogP contribution in [0, 0.1) is 13.8 Å². The number of aliphatic hydroxyl groups excluding tert-OH is 3. The molecule has 13 heteroatoms. The predicted molar refractivity (Wildman–Crippen MR) is 139 cm³/mol. The first-order chi connectivity index (χ1) is 18.6. The number of hydrogen-bond acceptors (Lipinski definition) is 10.